The number of hydrogen-bond acceptors (Lipinski definition) is 2. The second kappa shape index (κ2) is 9.67. The first kappa shape index (κ1) is 14.7. The van der Waals surface area contributed by atoms with Crippen LogP contribution in [0, 0.1) is 0 Å². The van der Waals surface area contributed by atoms with Gasteiger partial charge in [0, 0.05) is 19.8 Å². The molecule has 1 aliphatic carbocycles. The largest absolute Gasteiger partial charge is 0.385 e. The lowest BCUT2D eigenvalue weighted by Gasteiger charge is -2.23. The highest BCUT2D eigenvalue weighted by Crippen LogP contribution is 2.21. The summed E-state index contributed by atoms with van der Waals surface area (Å²) in [7, 11) is 1.80. The SMILES string of the molecule is CCCNC(CCOC)C1=CCCCCCC1. The van der Waals surface area contributed by atoms with E-state index in [-0.39, 0.29) is 0 Å². The minimum atomic E-state index is 0.549. The van der Waals surface area contributed by atoms with Crippen LogP contribution in [-0.4, -0.2) is 26.3 Å². The van der Waals surface area contributed by atoms with Gasteiger partial charge in [0.1, 0.15) is 0 Å². The van der Waals surface area contributed by atoms with Crippen LogP contribution in [0.25, 0.3) is 0 Å². The van der Waals surface area contributed by atoms with Crippen molar-refractivity contribution < 1.29 is 4.74 Å². The molecule has 0 radical (unpaired) electrons. The van der Waals surface area contributed by atoms with Crippen LogP contribution >= 0.6 is 0 Å². The summed E-state index contributed by atoms with van der Waals surface area (Å²) in [6.45, 7) is 4.21. The molecule has 0 saturated carbocycles. The topological polar surface area (TPSA) is 21.3 Å². The molecule has 100 valence electrons. The van der Waals surface area contributed by atoms with Crippen molar-refractivity contribution in [3.8, 4) is 0 Å². The zero-order valence-electron chi connectivity index (χ0n) is 11.6. The molecule has 0 aliphatic heterocycles. The average molecular weight is 239 g/mol. The van der Waals surface area contributed by atoms with Crippen LogP contribution in [0.2, 0.25) is 0 Å². The predicted molar refractivity (Wildman–Crippen MR) is 74.4 cm³/mol. The average Bonchev–Trinajstić information content (AvgIpc) is 2.30. The molecule has 1 unspecified atom stereocenters. The highest BCUT2D eigenvalue weighted by atomic mass is 16.5. The molecule has 0 fully saturated rings. The van der Waals surface area contributed by atoms with Crippen molar-refractivity contribution in [1.82, 2.24) is 5.32 Å². The van der Waals surface area contributed by atoms with Crippen molar-refractivity contribution in [1.29, 1.82) is 0 Å². The Morgan fingerprint density at radius 1 is 1.29 bits per heavy atom. The number of allylic oxidation sites excluding steroid dienone is 1. The molecule has 0 aromatic heterocycles. The van der Waals surface area contributed by atoms with Gasteiger partial charge in [0.2, 0.25) is 0 Å². The van der Waals surface area contributed by atoms with E-state index in [4.69, 9.17) is 4.74 Å². The Kier molecular flexibility index (Phi) is 8.37. The minimum absolute atomic E-state index is 0.549. The van der Waals surface area contributed by atoms with E-state index in [1.165, 1.54) is 44.9 Å². The third-order valence-corrected chi connectivity index (χ3v) is 3.53. The fourth-order valence-corrected chi connectivity index (χ4v) is 2.51. The molecule has 1 aliphatic rings. The summed E-state index contributed by atoms with van der Waals surface area (Å²) in [6.07, 6.45) is 12.9. The lowest BCUT2D eigenvalue weighted by Crippen LogP contribution is -2.33. The van der Waals surface area contributed by atoms with E-state index in [1.54, 1.807) is 12.7 Å². The van der Waals surface area contributed by atoms with Crippen molar-refractivity contribution in [2.24, 2.45) is 0 Å². The van der Waals surface area contributed by atoms with Crippen LogP contribution in [0.1, 0.15) is 58.3 Å². The molecule has 0 spiro atoms. The van der Waals surface area contributed by atoms with Crippen LogP contribution in [-0.2, 0) is 4.74 Å². The first-order valence-corrected chi connectivity index (χ1v) is 7.29. The van der Waals surface area contributed by atoms with Gasteiger partial charge in [-0.25, -0.2) is 0 Å². The molecule has 1 N–H and O–H groups in total. The lowest BCUT2D eigenvalue weighted by molar-refractivity contribution is 0.186. The monoisotopic (exact) mass is 239 g/mol. The summed E-state index contributed by atoms with van der Waals surface area (Å²) in [5, 5.41) is 3.67. The standard InChI is InChI=1S/C15H29NO/c1-3-12-16-15(11-13-17-2)14-9-7-5-4-6-8-10-14/h9,15-16H,3-8,10-13H2,1-2H3. The molecule has 2 heteroatoms. The van der Waals surface area contributed by atoms with Crippen molar-refractivity contribution in [2.45, 2.75) is 64.3 Å². The third-order valence-electron chi connectivity index (χ3n) is 3.53. The summed E-state index contributed by atoms with van der Waals surface area (Å²) >= 11 is 0. The number of ether oxygens (including phenoxy) is 1. The first-order chi connectivity index (χ1) is 8.38. The lowest BCUT2D eigenvalue weighted by atomic mass is 9.93. The molecular formula is C15H29NO. The maximum Gasteiger partial charge on any atom is 0.0480 e. The smallest absolute Gasteiger partial charge is 0.0480 e. The van der Waals surface area contributed by atoms with Gasteiger partial charge in [-0.05, 0) is 45.1 Å². The Hall–Kier alpha value is -0.340. The van der Waals surface area contributed by atoms with Crippen molar-refractivity contribution in [2.75, 3.05) is 20.3 Å². The summed E-state index contributed by atoms with van der Waals surface area (Å²) in [5.41, 5.74) is 1.63. The summed E-state index contributed by atoms with van der Waals surface area (Å²) in [4.78, 5) is 0. The molecule has 0 bridgehead atoms. The quantitative estimate of drug-likeness (QED) is 0.684. The first-order valence-electron chi connectivity index (χ1n) is 7.29. The molecule has 0 saturated heterocycles. The van der Waals surface area contributed by atoms with Crippen molar-refractivity contribution in [3.63, 3.8) is 0 Å². The van der Waals surface area contributed by atoms with Gasteiger partial charge in [0.05, 0.1) is 0 Å². The van der Waals surface area contributed by atoms with Gasteiger partial charge in [-0.15, -0.1) is 0 Å². The molecule has 1 atom stereocenters. The van der Waals surface area contributed by atoms with E-state index in [2.05, 4.69) is 18.3 Å². The van der Waals surface area contributed by atoms with E-state index in [1.807, 2.05) is 0 Å². The molecule has 0 heterocycles. The van der Waals surface area contributed by atoms with E-state index in [9.17, 15) is 0 Å². The fraction of sp³-hybridized carbons (Fsp3) is 0.867. The predicted octanol–water partition coefficient (Wildman–Crippen LogP) is 3.67. The molecule has 1 rings (SSSR count). The second-order valence-electron chi connectivity index (χ2n) is 5.02. The van der Waals surface area contributed by atoms with E-state index < -0.39 is 0 Å². The molecule has 0 aromatic rings. The maximum atomic E-state index is 5.23. The van der Waals surface area contributed by atoms with Crippen LogP contribution in [0.4, 0.5) is 0 Å². The molecule has 0 amide bonds. The van der Waals surface area contributed by atoms with Crippen LogP contribution < -0.4 is 5.32 Å². The van der Waals surface area contributed by atoms with Gasteiger partial charge in [-0.2, -0.15) is 0 Å². The Morgan fingerprint density at radius 2 is 2.12 bits per heavy atom. The molecular weight excluding hydrogens is 210 g/mol. The molecule has 0 aromatic carbocycles. The van der Waals surface area contributed by atoms with Gasteiger partial charge in [-0.1, -0.05) is 31.4 Å². The van der Waals surface area contributed by atoms with E-state index in [0.717, 1.165) is 19.6 Å². The van der Waals surface area contributed by atoms with Crippen molar-refractivity contribution in [3.05, 3.63) is 11.6 Å². The van der Waals surface area contributed by atoms with Gasteiger partial charge in [0.25, 0.3) is 0 Å². The normalized spacial score (nSPS) is 19.3. The Balaban J connectivity index is 2.51. The Labute approximate surface area is 107 Å². The summed E-state index contributed by atoms with van der Waals surface area (Å²) in [6, 6.07) is 0.549. The van der Waals surface area contributed by atoms with Crippen LogP contribution in [0.15, 0.2) is 11.6 Å². The zero-order chi connectivity index (χ0) is 12.3. The molecule has 17 heavy (non-hydrogen) atoms. The Bertz CT molecular complexity index is 205. The maximum absolute atomic E-state index is 5.23. The number of hydrogen-bond donors (Lipinski definition) is 1. The number of nitrogens with one attached hydrogen (secondary N) is 1. The van der Waals surface area contributed by atoms with Crippen LogP contribution in [0.3, 0.4) is 0 Å². The summed E-state index contributed by atoms with van der Waals surface area (Å²) in [5.74, 6) is 0. The van der Waals surface area contributed by atoms with E-state index >= 15 is 0 Å². The van der Waals surface area contributed by atoms with E-state index in [0.29, 0.717) is 6.04 Å². The number of methoxy groups -OCH3 is 1. The highest BCUT2D eigenvalue weighted by Gasteiger charge is 2.13. The van der Waals surface area contributed by atoms with Gasteiger partial charge >= 0.3 is 0 Å². The van der Waals surface area contributed by atoms with Gasteiger partial charge < -0.3 is 10.1 Å². The third kappa shape index (κ3) is 6.23. The zero-order valence-corrected chi connectivity index (χ0v) is 11.6. The second-order valence-corrected chi connectivity index (χ2v) is 5.02. The fourth-order valence-electron chi connectivity index (χ4n) is 2.51. The van der Waals surface area contributed by atoms with Crippen molar-refractivity contribution >= 4 is 0 Å². The summed E-state index contributed by atoms with van der Waals surface area (Å²) < 4.78 is 5.23. The van der Waals surface area contributed by atoms with Gasteiger partial charge in [-0.3, -0.25) is 0 Å². The molecule has 2 nitrogen and oxygen atoms in total. The number of rotatable bonds is 7. The Morgan fingerprint density at radius 3 is 2.88 bits per heavy atom. The van der Waals surface area contributed by atoms with Gasteiger partial charge in [0.15, 0.2) is 0 Å². The van der Waals surface area contributed by atoms with Crippen LogP contribution in [0.5, 0.6) is 0 Å². The highest BCUT2D eigenvalue weighted by molar-refractivity contribution is 5.11. The minimum Gasteiger partial charge on any atom is -0.385 e.